The largest absolute Gasteiger partial charge is 0.276 e. The van der Waals surface area contributed by atoms with Crippen molar-refractivity contribution in [1.29, 1.82) is 0 Å². The highest BCUT2D eigenvalue weighted by Gasteiger charge is 2.15. The molecule has 0 fully saturated rings. The molecule has 4 rings (SSSR count). The zero-order valence-electron chi connectivity index (χ0n) is 13.6. The van der Waals surface area contributed by atoms with E-state index in [9.17, 15) is 14.9 Å². The van der Waals surface area contributed by atoms with Gasteiger partial charge in [-0.25, -0.2) is 0 Å². The topological polar surface area (TPSA) is 78.0 Å². The second-order valence-electron chi connectivity index (χ2n) is 5.96. The molecule has 0 saturated carbocycles. The Balaban J connectivity index is 2.21. The molecule has 6 nitrogen and oxygen atoms in total. The predicted octanol–water partition coefficient (Wildman–Crippen LogP) is 4.52. The summed E-state index contributed by atoms with van der Waals surface area (Å²) in [4.78, 5) is 27.9. The van der Waals surface area contributed by atoms with E-state index in [1.165, 1.54) is 22.8 Å². The first kappa shape index (κ1) is 16.4. The average molecular weight is 410 g/mol. The Morgan fingerprint density at radius 3 is 2.69 bits per heavy atom. The quantitative estimate of drug-likeness (QED) is 0.277. The summed E-state index contributed by atoms with van der Waals surface area (Å²) in [5, 5.41) is 12.8. The molecule has 0 aliphatic rings. The molecule has 0 amide bonds. The van der Waals surface area contributed by atoms with E-state index >= 15 is 0 Å². The number of hydrogen-bond donors (Lipinski definition) is 0. The van der Waals surface area contributed by atoms with Crippen LogP contribution in [0.15, 0.2) is 64.0 Å². The van der Waals surface area contributed by atoms with Gasteiger partial charge in [0, 0.05) is 39.6 Å². The lowest BCUT2D eigenvalue weighted by Crippen LogP contribution is -2.18. The molecule has 0 unspecified atom stereocenters. The van der Waals surface area contributed by atoms with Gasteiger partial charge in [-0.05, 0) is 36.8 Å². The zero-order chi connectivity index (χ0) is 18.4. The van der Waals surface area contributed by atoms with Crippen LogP contribution in [0.1, 0.15) is 5.56 Å². The van der Waals surface area contributed by atoms with Crippen LogP contribution < -0.4 is 5.56 Å². The number of hydrogen-bond acceptors (Lipinski definition) is 4. The lowest BCUT2D eigenvalue weighted by atomic mass is 10.1. The van der Waals surface area contributed by atoms with Gasteiger partial charge in [0.15, 0.2) is 0 Å². The van der Waals surface area contributed by atoms with Gasteiger partial charge in [-0.2, -0.15) is 0 Å². The van der Waals surface area contributed by atoms with Crippen molar-refractivity contribution >= 4 is 43.4 Å². The second kappa shape index (κ2) is 6.03. The monoisotopic (exact) mass is 409 g/mol. The normalized spacial score (nSPS) is 11.2. The molecule has 0 bridgehead atoms. The molecule has 4 aromatic rings. The number of non-ortho nitro benzene ring substituents is 1. The molecule has 2 aromatic carbocycles. The van der Waals surface area contributed by atoms with Crippen LogP contribution in [-0.4, -0.2) is 14.5 Å². The third kappa shape index (κ3) is 2.57. The maximum Gasteiger partial charge on any atom is 0.271 e. The highest BCUT2D eigenvalue weighted by Crippen LogP contribution is 2.29. The van der Waals surface area contributed by atoms with Crippen molar-refractivity contribution in [2.75, 3.05) is 0 Å². The molecule has 128 valence electrons. The fourth-order valence-corrected chi connectivity index (χ4v) is 3.44. The van der Waals surface area contributed by atoms with Crippen LogP contribution in [-0.2, 0) is 0 Å². The van der Waals surface area contributed by atoms with Crippen molar-refractivity contribution in [3.63, 3.8) is 0 Å². The van der Waals surface area contributed by atoms with E-state index in [1.54, 1.807) is 18.3 Å². The fourth-order valence-electron chi connectivity index (χ4n) is 3.07. The minimum Gasteiger partial charge on any atom is -0.276 e. The molecular formula is C19H12BrN3O3. The van der Waals surface area contributed by atoms with Gasteiger partial charge >= 0.3 is 0 Å². The molecule has 0 saturated heterocycles. The molecule has 26 heavy (non-hydrogen) atoms. The maximum atomic E-state index is 12.8. The molecular weight excluding hydrogens is 398 g/mol. The predicted molar refractivity (Wildman–Crippen MR) is 104 cm³/mol. The SMILES string of the molecule is Cc1ccc([N+](=O)[O-])cc1-n1c(=O)ccc2cnc3ccc(Br)cc3c21. The Morgan fingerprint density at radius 2 is 1.92 bits per heavy atom. The second-order valence-corrected chi connectivity index (χ2v) is 6.87. The highest BCUT2D eigenvalue weighted by atomic mass is 79.9. The lowest BCUT2D eigenvalue weighted by molar-refractivity contribution is -0.384. The van der Waals surface area contributed by atoms with E-state index in [4.69, 9.17) is 0 Å². The van der Waals surface area contributed by atoms with E-state index in [1.807, 2.05) is 25.1 Å². The first-order chi connectivity index (χ1) is 12.5. The van der Waals surface area contributed by atoms with Crippen molar-refractivity contribution in [3.05, 3.63) is 85.2 Å². The number of nitro groups is 1. The molecule has 2 heterocycles. The number of halogens is 1. The average Bonchev–Trinajstić information content (AvgIpc) is 2.62. The Bertz CT molecular complexity index is 1260. The molecule has 0 radical (unpaired) electrons. The van der Waals surface area contributed by atoms with Gasteiger partial charge in [-0.3, -0.25) is 24.5 Å². The first-order valence-electron chi connectivity index (χ1n) is 7.81. The van der Waals surface area contributed by atoms with E-state index in [0.29, 0.717) is 11.2 Å². The minimum atomic E-state index is -0.463. The Kier molecular flexibility index (Phi) is 3.81. The fraction of sp³-hybridized carbons (Fsp3) is 0.0526. The number of rotatable bonds is 2. The van der Waals surface area contributed by atoms with Crippen LogP contribution in [0, 0.1) is 17.0 Å². The van der Waals surface area contributed by atoms with Crippen LogP contribution in [0.2, 0.25) is 0 Å². The minimum absolute atomic E-state index is 0.0611. The van der Waals surface area contributed by atoms with E-state index in [0.717, 1.165) is 26.3 Å². The first-order valence-corrected chi connectivity index (χ1v) is 8.60. The van der Waals surface area contributed by atoms with Crippen molar-refractivity contribution in [1.82, 2.24) is 9.55 Å². The summed E-state index contributed by atoms with van der Waals surface area (Å²) in [6.07, 6.45) is 1.70. The number of nitro benzene ring substituents is 1. The Labute approximate surface area is 156 Å². The van der Waals surface area contributed by atoms with Crippen LogP contribution in [0.4, 0.5) is 5.69 Å². The van der Waals surface area contributed by atoms with Gasteiger partial charge in [0.1, 0.15) is 0 Å². The molecule has 0 spiro atoms. The number of benzene rings is 2. The summed E-state index contributed by atoms with van der Waals surface area (Å²) in [5.74, 6) is 0. The third-order valence-electron chi connectivity index (χ3n) is 4.32. The smallest absolute Gasteiger partial charge is 0.271 e. The number of aromatic nitrogens is 2. The van der Waals surface area contributed by atoms with Gasteiger partial charge in [-0.15, -0.1) is 0 Å². The molecule has 0 aliphatic carbocycles. The summed E-state index contributed by atoms with van der Waals surface area (Å²) >= 11 is 3.46. The van der Waals surface area contributed by atoms with E-state index < -0.39 is 4.92 Å². The maximum absolute atomic E-state index is 12.8. The number of pyridine rings is 2. The summed E-state index contributed by atoms with van der Waals surface area (Å²) in [5.41, 5.74) is 2.35. The highest BCUT2D eigenvalue weighted by molar-refractivity contribution is 9.10. The lowest BCUT2D eigenvalue weighted by Gasteiger charge is -2.14. The molecule has 2 aromatic heterocycles. The van der Waals surface area contributed by atoms with Crippen LogP contribution in [0.25, 0.3) is 27.5 Å². The van der Waals surface area contributed by atoms with Gasteiger partial charge in [0.2, 0.25) is 0 Å². The third-order valence-corrected chi connectivity index (χ3v) is 4.82. The number of aryl methyl sites for hydroxylation is 1. The van der Waals surface area contributed by atoms with E-state index in [2.05, 4.69) is 20.9 Å². The summed E-state index contributed by atoms with van der Waals surface area (Å²) in [6, 6.07) is 13.3. The van der Waals surface area contributed by atoms with Crippen molar-refractivity contribution in [2.45, 2.75) is 6.92 Å². The summed E-state index contributed by atoms with van der Waals surface area (Å²) < 4.78 is 2.38. The number of nitrogens with zero attached hydrogens (tertiary/aromatic N) is 3. The van der Waals surface area contributed by atoms with Crippen LogP contribution >= 0.6 is 15.9 Å². The molecule has 0 aliphatic heterocycles. The van der Waals surface area contributed by atoms with Gasteiger partial charge in [0.25, 0.3) is 11.2 Å². The summed E-state index contributed by atoms with van der Waals surface area (Å²) in [7, 11) is 0. The molecule has 0 atom stereocenters. The molecule has 7 heteroatoms. The zero-order valence-corrected chi connectivity index (χ0v) is 15.2. The summed E-state index contributed by atoms with van der Waals surface area (Å²) in [6.45, 7) is 1.82. The van der Waals surface area contributed by atoms with Gasteiger partial charge < -0.3 is 0 Å². The Hall–Kier alpha value is -3.06. The standard InChI is InChI=1S/C19H12BrN3O3/c1-11-2-5-14(23(25)26)9-17(11)22-18(24)7-3-12-10-21-16-6-4-13(20)8-15(16)19(12)22/h2-10H,1H3. The van der Waals surface area contributed by atoms with Crippen LogP contribution in [0.5, 0.6) is 0 Å². The van der Waals surface area contributed by atoms with E-state index in [-0.39, 0.29) is 11.2 Å². The van der Waals surface area contributed by atoms with Crippen molar-refractivity contribution in [3.8, 4) is 5.69 Å². The van der Waals surface area contributed by atoms with Gasteiger partial charge in [-0.1, -0.05) is 22.0 Å². The van der Waals surface area contributed by atoms with Gasteiger partial charge in [0.05, 0.1) is 21.6 Å². The van der Waals surface area contributed by atoms with Crippen LogP contribution in [0.3, 0.4) is 0 Å². The molecule has 0 N–H and O–H groups in total. The van der Waals surface area contributed by atoms with Crippen molar-refractivity contribution < 1.29 is 4.92 Å². The Morgan fingerprint density at radius 1 is 1.12 bits per heavy atom. The number of fused-ring (bicyclic) bond motifs is 3. The van der Waals surface area contributed by atoms with Crippen molar-refractivity contribution in [2.24, 2.45) is 0 Å².